The molecule has 6 heteroatoms. The summed E-state index contributed by atoms with van der Waals surface area (Å²) >= 11 is 0. The standard InChI is InChI=1S/C13H18F2N2O2.2C2H6/c1-8-7-10(14)17-11(15)9(8)5-6-16-12(18)19-13(2,3)4;2*1-2/h7H,5-6H2,1-4H3,(H,16,18);2*1-2H3. The van der Waals surface area contributed by atoms with Crippen LogP contribution >= 0.6 is 0 Å². The number of carbonyl (C=O) groups is 1. The number of hydrogen-bond donors (Lipinski definition) is 1. The van der Waals surface area contributed by atoms with Crippen LogP contribution in [0.25, 0.3) is 0 Å². The number of pyridine rings is 1. The Morgan fingerprint density at radius 1 is 1.22 bits per heavy atom. The van der Waals surface area contributed by atoms with Gasteiger partial charge < -0.3 is 10.1 Å². The van der Waals surface area contributed by atoms with Crippen LogP contribution in [-0.4, -0.2) is 23.2 Å². The molecule has 0 aromatic carbocycles. The molecular weight excluding hydrogens is 302 g/mol. The summed E-state index contributed by atoms with van der Waals surface area (Å²) in [4.78, 5) is 14.5. The lowest BCUT2D eigenvalue weighted by Gasteiger charge is -2.19. The topological polar surface area (TPSA) is 51.2 Å². The maximum absolute atomic E-state index is 13.4. The number of carbonyl (C=O) groups excluding carboxylic acids is 1. The lowest BCUT2D eigenvalue weighted by molar-refractivity contribution is 0.0528. The number of halogens is 2. The highest BCUT2D eigenvalue weighted by atomic mass is 19.1. The smallest absolute Gasteiger partial charge is 0.407 e. The molecule has 0 aliphatic rings. The van der Waals surface area contributed by atoms with Crippen molar-refractivity contribution in [3.63, 3.8) is 0 Å². The summed E-state index contributed by atoms with van der Waals surface area (Å²) in [5, 5.41) is 2.51. The van der Waals surface area contributed by atoms with Crippen molar-refractivity contribution in [1.29, 1.82) is 0 Å². The van der Waals surface area contributed by atoms with Crippen LogP contribution in [0.3, 0.4) is 0 Å². The van der Waals surface area contributed by atoms with Crippen molar-refractivity contribution >= 4 is 6.09 Å². The number of nitrogens with one attached hydrogen (secondary N) is 1. The van der Waals surface area contributed by atoms with Crippen LogP contribution in [-0.2, 0) is 11.2 Å². The number of alkyl carbamates (subject to hydrolysis) is 1. The molecule has 0 radical (unpaired) electrons. The fraction of sp³-hybridized carbons (Fsp3) is 0.647. The number of aromatic nitrogens is 1. The molecule has 0 unspecified atom stereocenters. The molecule has 0 fully saturated rings. The zero-order valence-corrected chi connectivity index (χ0v) is 15.5. The SMILES string of the molecule is CC.CC.Cc1cc(F)nc(F)c1CCNC(=O)OC(C)(C)C. The van der Waals surface area contributed by atoms with Gasteiger partial charge in [-0.25, -0.2) is 4.79 Å². The molecule has 4 nitrogen and oxygen atoms in total. The van der Waals surface area contributed by atoms with E-state index in [-0.39, 0.29) is 18.5 Å². The van der Waals surface area contributed by atoms with Gasteiger partial charge in [0.25, 0.3) is 0 Å². The highest BCUT2D eigenvalue weighted by molar-refractivity contribution is 5.67. The Hall–Kier alpha value is -1.72. The molecule has 1 rings (SSSR count). The number of aryl methyl sites for hydroxylation is 1. The Morgan fingerprint density at radius 3 is 2.17 bits per heavy atom. The van der Waals surface area contributed by atoms with Gasteiger partial charge in [0.1, 0.15) is 5.60 Å². The van der Waals surface area contributed by atoms with Crippen LogP contribution < -0.4 is 5.32 Å². The molecule has 0 atom stereocenters. The molecule has 0 spiro atoms. The van der Waals surface area contributed by atoms with E-state index < -0.39 is 23.6 Å². The van der Waals surface area contributed by atoms with E-state index in [0.717, 1.165) is 6.07 Å². The zero-order chi connectivity index (χ0) is 18.6. The number of amides is 1. The Morgan fingerprint density at radius 2 is 1.74 bits per heavy atom. The van der Waals surface area contributed by atoms with Crippen molar-refractivity contribution < 1.29 is 18.3 Å². The van der Waals surface area contributed by atoms with Crippen LogP contribution in [0.5, 0.6) is 0 Å². The normalized spacial score (nSPS) is 9.83. The average Bonchev–Trinajstić information content (AvgIpc) is 2.44. The second-order valence-corrected chi connectivity index (χ2v) is 5.21. The van der Waals surface area contributed by atoms with Gasteiger partial charge in [0.2, 0.25) is 11.9 Å². The molecule has 1 aromatic heterocycles. The van der Waals surface area contributed by atoms with Gasteiger partial charge in [-0.05, 0) is 45.7 Å². The largest absolute Gasteiger partial charge is 0.444 e. The Kier molecular flexibility index (Phi) is 12.1. The van der Waals surface area contributed by atoms with Gasteiger partial charge in [-0.15, -0.1) is 0 Å². The van der Waals surface area contributed by atoms with Crippen LogP contribution in [0, 0.1) is 18.8 Å². The van der Waals surface area contributed by atoms with Crippen molar-refractivity contribution in [2.75, 3.05) is 6.54 Å². The lowest BCUT2D eigenvalue weighted by atomic mass is 10.1. The van der Waals surface area contributed by atoms with Gasteiger partial charge in [0.05, 0.1) is 0 Å². The first-order valence-electron chi connectivity index (χ1n) is 7.97. The minimum Gasteiger partial charge on any atom is -0.444 e. The minimum absolute atomic E-state index is 0.194. The van der Waals surface area contributed by atoms with Crippen LogP contribution in [0.1, 0.15) is 59.6 Å². The quantitative estimate of drug-likeness (QED) is 0.810. The molecular formula is C17H30F2N2O2. The van der Waals surface area contributed by atoms with Gasteiger partial charge >= 0.3 is 6.09 Å². The summed E-state index contributed by atoms with van der Waals surface area (Å²) in [6, 6.07) is 1.16. The highest BCUT2D eigenvalue weighted by Gasteiger charge is 2.16. The van der Waals surface area contributed by atoms with E-state index in [0.29, 0.717) is 5.56 Å². The molecule has 1 amide bonds. The summed E-state index contributed by atoms with van der Waals surface area (Å²) in [5.41, 5.74) is 0.177. The predicted molar refractivity (Wildman–Crippen MR) is 89.5 cm³/mol. The molecule has 134 valence electrons. The first-order chi connectivity index (χ1) is 10.7. The van der Waals surface area contributed by atoms with Crippen molar-refractivity contribution in [3.05, 3.63) is 29.1 Å². The molecule has 1 heterocycles. The summed E-state index contributed by atoms with van der Waals surface area (Å²) in [5.74, 6) is -1.69. The van der Waals surface area contributed by atoms with Gasteiger partial charge in [-0.2, -0.15) is 13.8 Å². The molecule has 0 aliphatic carbocycles. The van der Waals surface area contributed by atoms with Crippen LogP contribution in [0.4, 0.5) is 13.6 Å². The highest BCUT2D eigenvalue weighted by Crippen LogP contribution is 2.12. The molecule has 23 heavy (non-hydrogen) atoms. The van der Waals surface area contributed by atoms with E-state index in [1.807, 2.05) is 27.7 Å². The fourth-order valence-electron chi connectivity index (χ4n) is 1.53. The second kappa shape index (κ2) is 11.8. The number of rotatable bonds is 3. The third-order valence-electron chi connectivity index (χ3n) is 2.31. The predicted octanol–water partition coefficient (Wildman–Crippen LogP) is 4.79. The third-order valence-corrected chi connectivity index (χ3v) is 2.31. The van der Waals surface area contributed by atoms with Crippen molar-refractivity contribution in [3.8, 4) is 0 Å². The van der Waals surface area contributed by atoms with Crippen molar-refractivity contribution in [2.45, 2.75) is 67.4 Å². The molecule has 0 aliphatic heterocycles. The summed E-state index contributed by atoms with van der Waals surface area (Å²) in [6.45, 7) is 15.0. The summed E-state index contributed by atoms with van der Waals surface area (Å²) in [6.07, 6.45) is -0.342. The van der Waals surface area contributed by atoms with E-state index in [1.165, 1.54) is 0 Å². The molecule has 1 aromatic rings. The average molecular weight is 332 g/mol. The summed E-state index contributed by atoms with van der Waals surface area (Å²) in [7, 11) is 0. The Labute approximate surface area is 138 Å². The number of hydrogen-bond acceptors (Lipinski definition) is 3. The Bertz CT molecular complexity index is 449. The van der Waals surface area contributed by atoms with Crippen molar-refractivity contribution in [2.24, 2.45) is 0 Å². The first-order valence-corrected chi connectivity index (χ1v) is 7.97. The van der Waals surface area contributed by atoms with E-state index >= 15 is 0 Å². The lowest BCUT2D eigenvalue weighted by Crippen LogP contribution is -2.33. The third kappa shape index (κ3) is 10.6. The van der Waals surface area contributed by atoms with Gasteiger partial charge in [0.15, 0.2) is 0 Å². The van der Waals surface area contributed by atoms with Crippen molar-refractivity contribution in [1.82, 2.24) is 10.3 Å². The van der Waals surface area contributed by atoms with Gasteiger partial charge in [-0.1, -0.05) is 27.7 Å². The van der Waals surface area contributed by atoms with E-state index in [2.05, 4.69) is 10.3 Å². The maximum atomic E-state index is 13.4. The maximum Gasteiger partial charge on any atom is 0.407 e. The van der Waals surface area contributed by atoms with Gasteiger partial charge in [0, 0.05) is 12.1 Å². The molecule has 0 saturated carbocycles. The first kappa shape index (κ1) is 23.5. The van der Waals surface area contributed by atoms with E-state index in [1.54, 1.807) is 27.7 Å². The second-order valence-electron chi connectivity index (χ2n) is 5.21. The number of nitrogens with zero attached hydrogens (tertiary/aromatic N) is 1. The van der Waals surface area contributed by atoms with Gasteiger partial charge in [-0.3, -0.25) is 0 Å². The minimum atomic E-state index is -0.848. The molecule has 0 bridgehead atoms. The summed E-state index contributed by atoms with van der Waals surface area (Å²) < 4.78 is 31.3. The molecule has 1 N–H and O–H groups in total. The number of ether oxygens (including phenoxy) is 1. The monoisotopic (exact) mass is 332 g/mol. The van der Waals surface area contributed by atoms with Crippen LogP contribution in [0.2, 0.25) is 0 Å². The zero-order valence-electron chi connectivity index (χ0n) is 15.5. The molecule has 0 saturated heterocycles. The van der Waals surface area contributed by atoms with Crippen LogP contribution in [0.15, 0.2) is 6.07 Å². The Balaban J connectivity index is 0. The fourth-order valence-corrected chi connectivity index (χ4v) is 1.53. The van der Waals surface area contributed by atoms with E-state index in [4.69, 9.17) is 4.74 Å². The van der Waals surface area contributed by atoms with E-state index in [9.17, 15) is 13.6 Å².